The fourth-order valence-corrected chi connectivity index (χ4v) is 4.26. The van der Waals surface area contributed by atoms with Crippen LogP contribution in [0.15, 0.2) is 42.5 Å². The van der Waals surface area contributed by atoms with Crippen LogP contribution in [0.1, 0.15) is 78.9 Å². The van der Waals surface area contributed by atoms with Crippen molar-refractivity contribution in [2.75, 3.05) is 0 Å². The van der Waals surface area contributed by atoms with Gasteiger partial charge in [-0.05, 0) is 42.7 Å². The number of phenolic OH excluding ortho intramolecular Hbond substituents is 1. The van der Waals surface area contributed by atoms with Gasteiger partial charge in [0.2, 0.25) is 0 Å². The molecular formula is C24H28O4. The van der Waals surface area contributed by atoms with Gasteiger partial charge in [-0.2, -0.15) is 0 Å². The topological polar surface area (TPSA) is 74.6 Å². The van der Waals surface area contributed by atoms with Gasteiger partial charge in [0, 0.05) is 17.5 Å². The van der Waals surface area contributed by atoms with Crippen LogP contribution in [0.2, 0.25) is 0 Å². The Labute approximate surface area is 166 Å². The molecule has 0 atom stereocenters. The lowest BCUT2D eigenvalue weighted by Gasteiger charge is -2.35. The normalized spacial score (nSPS) is 15.9. The molecule has 0 aromatic heterocycles. The van der Waals surface area contributed by atoms with Gasteiger partial charge < -0.3 is 10.2 Å². The molecule has 148 valence electrons. The number of benzene rings is 2. The van der Waals surface area contributed by atoms with Gasteiger partial charge in [0.1, 0.15) is 5.75 Å². The Morgan fingerprint density at radius 3 is 2.36 bits per heavy atom. The predicted molar refractivity (Wildman–Crippen MR) is 109 cm³/mol. The lowest BCUT2D eigenvalue weighted by Crippen LogP contribution is -2.26. The highest BCUT2D eigenvalue weighted by Crippen LogP contribution is 2.44. The molecule has 2 aromatic rings. The number of carbonyl (C=O) groups excluding carboxylic acids is 1. The molecule has 3 rings (SSSR count). The molecule has 2 aromatic carbocycles. The highest BCUT2D eigenvalue weighted by atomic mass is 16.4. The molecule has 0 radical (unpaired) electrons. The summed E-state index contributed by atoms with van der Waals surface area (Å²) in [6.45, 7) is 2.17. The molecule has 4 heteroatoms. The van der Waals surface area contributed by atoms with Gasteiger partial charge in [-0.15, -0.1) is 0 Å². The zero-order valence-corrected chi connectivity index (χ0v) is 16.4. The van der Waals surface area contributed by atoms with Gasteiger partial charge >= 0.3 is 5.97 Å². The number of aliphatic carboxylic acids is 1. The molecule has 0 saturated heterocycles. The maximum atomic E-state index is 13.1. The first-order chi connectivity index (χ1) is 13.4. The highest BCUT2D eigenvalue weighted by Gasteiger charge is 2.33. The number of hydrogen-bond donors (Lipinski definition) is 2. The first-order valence-electron chi connectivity index (χ1n) is 10.1. The Morgan fingerprint density at radius 1 is 1.04 bits per heavy atom. The molecule has 1 fully saturated rings. The minimum atomic E-state index is -0.821. The van der Waals surface area contributed by atoms with Gasteiger partial charge in [0.15, 0.2) is 5.78 Å². The standard InChI is InChI=1S/C24H28O4/c1-24(13-6-3-7-14-24)20-16-17(9-8-12-21(25)26)15-19(23(20)28)22(27)18-10-4-2-5-11-18/h2,4-5,10-11,15-16,28H,3,6-9,12-14H2,1H3,(H,25,26). The van der Waals surface area contributed by atoms with E-state index in [-0.39, 0.29) is 23.4 Å². The molecule has 1 saturated carbocycles. The van der Waals surface area contributed by atoms with E-state index in [1.807, 2.05) is 24.3 Å². The summed E-state index contributed by atoms with van der Waals surface area (Å²) in [6, 6.07) is 12.7. The molecule has 0 spiro atoms. The molecule has 1 aliphatic rings. The van der Waals surface area contributed by atoms with E-state index in [1.165, 1.54) is 6.42 Å². The summed E-state index contributed by atoms with van der Waals surface area (Å²) in [7, 11) is 0. The molecular weight excluding hydrogens is 352 g/mol. The molecule has 0 amide bonds. The number of carbonyl (C=O) groups is 2. The van der Waals surface area contributed by atoms with Gasteiger partial charge in [0.05, 0.1) is 5.56 Å². The van der Waals surface area contributed by atoms with Crippen LogP contribution >= 0.6 is 0 Å². The van der Waals surface area contributed by atoms with Crippen LogP contribution in [0.3, 0.4) is 0 Å². The molecule has 2 N–H and O–H groups in total. The van der Waals surface area contributed by atoms with Crippen LogP contribution in [0.5, 0.6) is 5.75 Å². The van der Waals surface area contributed by atoms with E-state index in [2.05, 4.69) is 6.92 Å². The average Bonchev–Trinajstić information content (AvgIpc) is 2.69. The van der Waals surface area contributed by atoms with Gasteiger partial charge in [-0.1, -0.05) is 62.6 Å². The predicted octanol–water partition coefficient (Wildman–Crippen LogP) is 5.25. The second-order valence-corrected chi connectivity index (χ2v) is 8.10. The number of aromatic hydroxyl groups is 1. The second-order valence-electron chi connectivity index (χ2n) is 8.10. The first kappa shape index (κ1) is 20.1. The molecule has 0 heterocycles. The van der Waals surface area contributed by atoms with Crippen molar-refractivity contribution in [3.63, 3.8) is 0 Å². The van der Waals surface area contributed by atoms with Crippen molar-refractivity contribution in [3.8, 4) is 5.75 Å². The van der Waals surface area contributed by atoms with E-state index in [4.69, 9.17) is 5.11 Å². The van der Waals surface area contributed by atoms with Crippen LogP contribution in [0, 0.1) is 0 Å². The fourth-order valence-electron chi connectivity index (χ4n) is 4.26. The number of ketones is 1. The third kappa shape index (κ3) is 4.44. The summed E-state index contributed by atoms with van der Waals surface area (Å²) in [5.41, 5.74) is 2.46. The van der Waals surface area contributed by atoms with Crippen molar-refractivity contribution in [3.05, 3.63) is 64.7 Å². The van der Waals surface area contributed by atoms with Crippen LogP contribution < -0.4 is 0 Å². The van der Waals surface area contributed by atoms with Gasteiger partial charge in [-0.25, -0.2) is 0 Å². The van der Waals surface area contributed by atoms with Gasteiger partial charge in [0.25, 0.3) is 0 Å². The molecule has 0 bridgehead atoms. The van der Waals surface area contributed by atoms with E-state index >= 15 is 0 Å². The Hall–Kier alpha value is -2.62. The van der Waals surface area contributed by atoms with Crippen molar-refractivity contribution in [1.29, 1.82) is 0 Å². The van der Waals surface area contributed by atoms with E-state index < -0.39 is 5.97 Å². The smallest absolute Gasteiger partial charge is 0.303 e. The van der Waals surface area contributed by atoms with Crippen LogP contribution in [0.25, 0.3) is 0 Å². The van der Waals surface area contributed by atoms with Crippen LogP contribution in [0.4, 0.5) is 0 Å². The lowest BCUT2D eigenvalue weighted by molar-refractivity contribution is -0.137. The van der Waals surface area contributed by atoms with E-state index in [9.17, 15) is 14.7 Å². The number of phenols is 1. The summed E-state index contributed by atoms with van der Waals surface area (Å²) in [5.74, 6) is -0.932. The number of aryl methyl sites for hydroxylation is 1. The van der Waals surface area contributed by atoms with Crippen molar-refractivity contribution in [2.24, 2.45) is 0 Å². The van der Waals surface area contributed by atoms with E-state index in [0.29, 0.717) is 24.0 Å². The third-order valence-corrected chi connectivity index (χ3v) is 5.91. The zero-order valence-electron chi connectivity index (χ0n) is 16.4. The molecule has 4 nitrogen and oxygen atoms in total. The Balaban J connectivity index is 2.03. The Bertz CT molecular complexity index is 848. The largest absolute Gasteiger partial charge is 0.507 e. The van der Waals surface area contributed by atoms with Crippen LogP contribution in [-0.2, 0) is 16.6 Å². The average molecular weight is 380 g/mol. The summed E-state index contributed by atoms with van der Waals surface area (Å²) in [4.78, 5) is 24.0. The third-order valence-electron chi connectivity index (χ3n) is 5.91. The van der Waals surface area contributed by atoms with Crippen molar-refractivity contribution < 1.29 is 19.8 Å². The number of carboxylic acid groups (broad SMARTS) is 1. The second kappa shape index (κ2) is 8.59. The SMILES string of the molecule is CC1(c2cc(CCCC(=O)O)cc(C(=O)c3ccccc3)c2O)CCCCC1. The minimum Gasteiger partial charge on any atom is -0.507 e. The van der Waals surface area contributed by atoms with Crippen LogP contribution in [-0.4, -0.2) is 22.0 Å². The summed E-state index contributed by atoms with van der Waals surface area (Å²) >= 11 is 0. The number of rotatable bonds is 7. The lowest BCUT2D eigenvalue weighted by atomic mass is 9.69. The maximum Gasteiger partial charge on any atom is 0.303 e. The van der Waals surface area contributed by atoms with Gasteiger partial charge in [-0.3, -0.25) is 9.59 Å². The quantitative estimate of drug-likeness (QED) is 0.643. The maximum absolute atomic E-state index is 13.1. The fraction of sp³-hybridized carbons (Fsp3) is 0.417. The first-order valence-corrected chi connectivity index (χ1v) is 10.1. The van der Waals surface area contributed by atoms with E-state index in [0.717, 1.165) is 36.8 Å². The Morgan fingerprint density at radius 2 is 1.71 bits per heavy atom. The number of carboxylic acids is 1. The summed E-state index contributed by atoms with van der Waals surface area (Å²) in [5, 5.41) is 20.0. The zero-order chi connectivity index (χ0) is 20.1. The minimum absolute atomic E-state index is 0.0836. The molecule has 28 heavy (non-hydrogen) atoms. The van der Waals surface area contributed by atoms with Crippen molar-refractivity contribution in [2.45, 2.75) is 63.7 Å². The Kier molecular flexibility index (Phi) is 6.18. The highest BCUT2D eigenvalue weighted by molar-refractivity contribution is 6.11. The van der Waals surface area contributed by atoms with Crippen molar-refractivity contribution >= 4 is 11.8 Å². The molecule has 0 aliphatic heterocycles. The summed E-state index contributed by atoms with van der Waals surface area (Å²) in [6.07, 6.45) is 6.57. The van der Waals surface area contributed by atoms with E-state index in [1.54, 1.807) is 18.2 Å². The number of hydrogen-bond acceptors (Lipinski definition) is 3. The monoisotopic (exact) mass is 380 g/mol. The molecule has 0 unspecified atom stereocenters. The molecule has 1 aliphatic carbocycles. The van der Waals surface area contributed by atoms with Crippen molar-refractivity contribution in [1.82, 2.24) is 0 Å². The summed E-state index contributed by atoms with van der Waals surface area (Å²) < 4.78 is 0.